The van der Waals surface area contributed by atoms with Crippen molar-refractivity contribution in [3.63, 3.8) is 0 Å². The van der Waals surface area contributed by atoms with E-state index in [9.17, 15) is 43.2 Å². The number of nitrogens with two attached hydrogens (primary N) is 4. The van der Waals surface area contributed by atoms with E-state index in [0.29, 0.717) is 146 Å². The van der Waals surface area contributed by atoms with E-state index in [1.165, 1.54) is 19.2 Å². The summed E-state index contributed by atoms with van der Waals surface area (Å²) in [5.41, 5.74) is 21.8. The van der Waals surface area contributed by atoms with Crippen LogP contribution < -0.4 is 64.5 Å². The first-order valence-corrected chi connectivity index (χ1v) is 39.4. The molecule has 636 valence electrons. The SMILES string of the molecule is CCn1nc(C)cc1C(=O)Nc1nc2cc(C(N)=O)cc(OC)c2n1C/C=C/Cn1c(NC(=O)c2cc(C)nn2CC)nc2cc(C(N)=O)cc(OCCCN3CCC(c4nnc5n4CCN(C(=O)OCc4ccc(NC(=O)[C@H](CCCNC(N)=O)NC(=O)[C@@H](NC(=O)CCOCCOCCOCCOCCON)C(C)C)cc4)C5)CC3)c21. The van der Waals surface area contributed by atoms with Gasteiger partial charge in [-0.3, -0.25) is 58.5 Å². The van der Waals surface area contributed by atoms with Gasteiger partial charge in [0, 0.05) is 81.5 Å². The lowest BCUT2D eigenvalue weighted by molar-refractivity contribution is -0.132. The smallest absolute Gasteiger partial charge is 0.410 e. The van der Waals surface area contributed by atoms with Crippen molar-refractivity contribution in [1.29, 1.82) is 0 Å². The number of ether oxygens (including phenoxy) is 7. The van der Waals surface area contributed by atoms with Crippen molar-refractivity contribution in [2.24, 2.45) is 29.0 Å². The Kier molecular flexibility index (Phi) is 32.5. The lowest BCUT2D eigenvalue weighted by Crippen LogP contribution is -2.54. The summed E-state index contributed by atoms with van der Waals surface area (Å²) in [5.74, 6) is 3.20. The number of hydrogen-bond donors (Lipinski definition) is 10. The third kappa shape index (κ3) is 24.1. The lowest BCUT2D eigenvalue weighted by atomic mass is 9.95. The largest absolute Gasteiger partial charge is 0.494 e. The minimum Gasteiger partial charge on any atom is -0.494 e. The Morgan fingerprint density at radius 3 is 1.73 bits per heavy atom. The van der Waals surface area contributed by atoms with E-state index in [0.717, 1.165) is 31.8 Å². The monoisotopic (exact) mass is 1640 g/mol. The number of imidazole rings is 2. The fourth-order valence-corrected chi connectivity index (χ4v) is 13.7. The highest BCUT2D eigenvalue weighted by atomic mass is 16.6. The summed E-state index contributed by atoms with van der Waals surface area (Å²) < 4.78 is 48.6. The summed E-state index contributed by atoms with van der Waals surface area (Å²) in [4.78, 5) is 137. The van der Waals surface area contributed by atoms with E-state index in [1.807, 2.05) is 26.0 Å². The summed E-state index contributed by atoms with van der Waals surface area (Å²) >= 11 is 0. The molecule has 7 heterocycles. The van der Waals surface area contributed by atoms with E-state index >= 15 is 0 Å². The summed E-state index contributed by atoms with van der Waals surface area (Å²) in [6.45, 7) is 18.3. The van der Waals surface area contributed by atoms with Gasteiger partial charge in [0.05, 0.1) is 102 Å². The molecular weight excluding hydrogens is 1530 g/mol. The van der Waals surface area contributed by atoms with Gasteiger partial charge in [-0.1, -0.05) is 38.1 Å². The molecule has 2 aliphatic heterocycles. The minimum absolute atomic E-state index is 0.0274. The zero-order chi connectivity index (χ0) is 84.4. The molecule has 0 bridgehead atoms. The molecule has 118 heavy (non-hydrogen) atoms. The van der Waals surface area contributed by atoms with Crippen molar-refractivity contribution in [2.45, 2.75) is 144 Å². The second-order valence-corrected chi connectivity index (χ2v) is 28.5. The number of carbonyl (C=O) groups excluding carboxylic acids is 9. The average molecular weight is 1640 g/mol. The van der Waals surface area contributed by atoms with Gasteiger partial charge < -0.3 is 95.1 Å². The number of allylic oxidation sites excluding steroid dienone is 2. The number of anilines is 3. The molecule has 10 rings (SSSR count). The van der Waals surface area contributed by atoms with E-state index < -0.39 is 65.6 Å². The molecule has 0 saturated carbocycles. The van der Waals surface area contributed by atoms with E-state index in [2.05, 4.69) is 66.6 Å². The Morgan fingerprint density at radius 1 is 0.627 bits per heavy atom. The van der Waals surface area contributed by atoms with Gasteiger partial charge in [0.15, 0.2) is 5.82 Å². The van der Waals surface area contributed by atoms with E-state index in [1.54, 1.807) is 99.6 Å². The topological polar surface area (TPSA) is 512 Å². The van der Waals surface area contributed by atoms with Gasteiger partial charge in [-0.15, -0.1) is 10.2 Å². The van der Waals surface area contributed by atoms with Gasteiger partial charge in [0.1, 0.15) is 58.4 Å². The van der Waals surface area contributed by atoms with Crippen LogP contribution in [0.2, 0.25) is 0 Å². The number of aryl methyl sites for hydroxylation is 4. The van der Waals surface area contributed by atoms with Crippen LogP contribution in [0.4, 0.5) is 27.2 Å². The molecule has 2 aliphatic rings. The van der Waals surface area contributed by atoms with Crippen LogP contribution in [0.3, 0.4) is 0 Å². The summed E-state index contributed by atoms with van der Waals surface area (Å²) in [6.07, 6.45) is 5.73. The molecule has 10 amide bonds. The highest BCUT2D eigenvalue weighted by Crippen LogP contribution is 2.35. The Hall–Kier alpha value is -11.9. The van der Waals surface area contributed by atoms with Crippen molar-refractivity contribution in [1.82, 2.24) is 79.2 Å². The normalized spacial score (nSPS) is 13.7. The first kappa shape index (κ1) is 88.4. The van der Waals surface area contributed by atoms with Crippen molar-refractivity contribution in [3.05, 3.63) is 124 Å². The maximum absolute atomic E-state index is 14.2. The Morgan fingerprint density at radius 2 is 1.19 bits per heavy atom. The molecule has 0 radical (unpaired) electrons. The highest BCUT2D eigenvalue weighted by Gasteiger charge is 2.33. The summed E-state index contributed by atoms with van der Waals surface area (Å²) in [5, 5.41) is 34.9. The zero-order valence-corrected chi connectivity index (χ0v) is 67.6. The van der Waals surface area contributed by atoms with Crippen LogP contribution in [0.5, 0.6) is 11.5 Å². The van der Waals surface area contributed by atoms with Crippen molar-refractivity contribution in [3.8, 4) is 11.5 Å². The average Bonchev–Trinajstić information content (AvgIpc) is 1.62. The van der Waals surface area contributed by atoms with Gasteiger partial charge in [0.25, 0.3) is 11.8 Å². The Bertz CT molecular complexity index is 4830. The second-order valence-electron chi connectivity index (χ2n) is 28.5. The van der Waals surface area contributed by atoms with Crippen LogP contribution in [-0.4, -0.2) is 235 Å². The van der Waals surface area contributed by atoms with Crippen LogP contribution in [0.25, 0.3) is 22.1 Å². The quantitative estimate of drug-likeness (QED) is 0.0145. The number of nitrogens with one attached hydrogen (secondary N) is 6. The number of hydrogen-bond acceptors (Lipinski definition) is 25. The molecular formula is C78H107N23O17. The summed E-state index contributed by atoms with van der Waals surface area (Å²) in [7, 11) is 1.45. The molecule has 2 atom stereocenters. The molecule has 0 aliphatic carbocycles. The van der Waals surface area contributed by atoms with Crippen molar-refractivity contribution < 1.29 is 81.1 Å². The van der Waals surface area contributed by atoms with Crippen LogP contribution in [0.15, 0.2) is 72.8 Å². The molecule has 3 aromatic carbocycles. The second kappa shape index (κ2) is 43.3. The molecule has 1 fully saturated rings. The number of piperidine rings is 1. The molecule has 40 nitrogen and oxygen atoms in total. The number of primary amides is 3. The van der Waals surface area contributed by atoms with Crippen LogP contribution in [0.1, 0.15) is 142 Å². The number of urea groups is 1. The standard InChI is InChI=1S/C78H107N23O17/c1-8-100-59(40-49(5)93-100)72(106)89-76-86-57-42-53(68(79)103)44-61(111-7)66(57)98(76)24-10-11-25-99-67-58(87-77(99)90-73(107)60-41-50(6)94-101(60)9-2)43-54(69(80)104)45-62(67)116-30-13-23-95-26-19-52(20-27-95)70-92-91-63-46-96(28-29-97(63)70)78(110)117-47-51-15-17-55(18-16-51)84-71(105)56(14-12-22-83-75(81)109)85-74(108)65(48(3)4)88-64(102)21-31-112-32-33-113-34-35-114-36-37-115-38-39-118-82/h10-11,15-18,40-45,48,52,56,65H,8-9,12-14,19-39,46-47,82H2,1-7H3,(H2,79,103)(H2,80,104)(H,84,105)(H,85,108)(H,88,102)(H3,81,83,109)(H,86,89,106)(H,87,90,107)/b11-10+/t56-,65-/m0/s1. The van der Waals surface area contributed by atoms with Crippen molar-refractivity contribution in [2.75, 3.05) is 122 Å². The van der Waals surface area contributed by atoms with Crippen molar-refractivity contribution >= 4 is 93.1 Å². The minimum atomic E-state index is -1.07. The maximum Gasteiger partial charge on any atom is 0.410 e. The van der Waals surface area contributed by atoms with Gasteiger partial charge in [-0.25, -0.2) is 25.5 Å². The molecule has 1 saturated heterocycles. The van der Waals surface area contributed by atoms with Crippen LogP contribution >= 0.6 is 0 Å². The molecule has 5 aromatic heterocycles. The van der Waals surface area contributed by atoms with Gasteiger partial charge in [-0.2, -0.15) is 10.2 Å². The van der Waals surface area contributed by atoms with Crippen LogP contribution in [0, 0.1) is 19.8 Å². The number of benzene rings is 3. The molecule has 40 heteroatoms. The first-order chi connectivity index (χ1) is 56.9. The number of carbonyl (C=O) groups is 9. The number of nitrogens with zero attached hydrogens (tertiary/aromatic N) is 13. The first-order valence-electron chi connectivity index (χ1n) is 39.4. The number of amides is 10. The summed E-state index contributed by atoms with van der Waals surface area (Å²) in [6, 6.07) is 13.4. The van der Waals surface area contributed by atoms with Gasteiger partial charge in [0.2, 0.25) is 41.4 Å². The number of fused-ring (bicyclic) bond motifs is 3. The number of methoxy groups -OCH3 is 1. The third-order valence-corrected chi connectivity index (χ3v) is 19.7. The fourth-order valence-electron chi connectivity index (χ4n) is 13.7. The molecule has 0 unspecified atom stereocenters. The fraction of sp³-hybridized carbons (Fsp3) is 0.500. The Labute approximate surface area is 680 Å². The lowest BCUT2D eigenvalue weighted by Gasteiger charge is -2.33. The highest BCUT2D eigenvalue weighted by molar-refractivity contribution is 6.06. The number of rotatable bonds is 46. The molecule has 14 N–H and O–H groups in total. The van der Waals surface area contributed by atoms with Gasteiger partial charge in [-0.05, 0) is 133 Å². The predicted molar refractivity (Wildman–Crippen MR) is 431 cm³/mol. The third-order valence-electron chi connectivity index (χ3n) is 19.7. The Balaban J connectivity index is 0.707. The van der Waals surface area contributed by atoms with E-state index in [4.69, 9.17) is 66.2 Å². The maximum atomic E-state index is 14.2. The molecule has 0 spiro atoms. The molecule has 8 aromatic rings. The van der Waals surface area contributed by atoms with E-state index in [-0.39, 0.29) is 119 Å². The van der Waals surface area contributed by atoms with Crippen LogP contribution in [-0.2, 0) is 88.8 Å². The predicted octanol–water partition coefficient (Wildman–Crippen LogP) is 4.15. The number of likely N-dealkylation sites (tertiary alicyclic amines) is 1. The number of aromatic nitrogens is 11. The van der Waals surface area contributed by atoms with Gasteiger partial charge >= 0.3 is 12.1 Å². The zero-order valence-electron chi connectivity index (χ0n) is 67.6.